The van der Waals surface area contributed by atoms with Crippen LogP contribution < -0.4 is 5.32 Å². The van der Waals surface area contributed by atoms with Crippen molar-refractivity contribution in [3.8, 4) is 0 Å². The van der Waals surface area contributed by atoms with Crippen molar-refractivity contribution in [3.63, 3.8) is 0 Å². The first-order valence-corrected chi connectivity index (χ1v) is 7.92. The molecule has 1 aromatic heterocycles. The molecule has 2 aromatic rings. The van der Waals surface area contributed by atoms with Crippen LogP contribution in [-0.2, 0) is 18.7 Å². The van der Waals surface area contributed by atoms with Crippen molar-refractivity contribution < 1.29 is 4.42 Å². The van der Waals surface area contributed by atoms with E-state index in [1.165, 1.54) is 10.5 Å². The minimum Gasteiger partial charge on any atom is -0.424 e. The summed E-state index contributed by atoms with van der Waals surface area (Å²) in [5, 5.41) is 11.4. The van der Waals surface area contributed by atoms with Crippen molar-refractivity contribution in [3.05, 3.63) is 41.6 Å². The minimum atomic E-state index is 0.497. The van der Waals surface area contributed by atoms with Crippen LogP contribution in [0.25, 0.3) is 0 Å². The quantitative estimate of drug-likeness (QED) is 0.792. The SMILES string of the molecule is CCc1nnc(CSc2cccc(CNC(C)C)c2)o1. The fraction of sp³-hybridized carbons (Fsp3) is 0.467. The van der Waals surface area contributed by atoms with Crippen LogP contribution in [0.2, 0.25) is 0 Å². The van der Waals surface area contributed by atoms with Crippen molar-refractivity contribution in [1.82, 2.24) is 15.5 Å². The Balaban J connectivity index is 1.90. The number of thioether (sulfide) groups is 1. The number of hydrogen-bond acceptors (Lipinski definition) is 5. The van der Waals surface area contributed by atoms with Gasteiger partial charge in [0.25, 0.3) is 0 Å². The topological polar surface area (TPSA) is 51.0 Å². The highest BCUT2D eigenvalue weighted by Gasteiger charge is 2.05. The van der Waals surface area contributed by atoms with Gasteiger partial charge >= 0.3 is 0 Å². The Bertz CT molecular complexity index is 539. The van der Waals surface area contributed by atoms with Gasteiger partial charge in [-0.2, -0.15) is 0 Å². The molecule has 0 spiro atoms. The Morgan fingerprint density at radius 1 is 1.25 bits per heavy atom. The third-order valence-corrected chi connectivity index (χ3v) is 3.76. The maximum absolute atomic E-state index is 5.51. The van der Waals surface area contributed by atoms with Crippen LogP contribution in [0.15, 0.2) is 33.6 Å². The minimum absolute atomic E-state index is 0.497. The van der Waals surface area contributed by atoms with Gasteiger partial charge in [0.15, 0.2) is 0 Å². The summed E-state index contributed by atoms with van der Waals surface area (Å²) in [4.78, 5) is 1.23. The highest BCUT2D eigenvalue weighted by molar-refractivity contribution is 7.98. The van der Waals surface area contributed by atoms with Crippen LogP contribution >= 0.6 is 11.8 Å². The molecule has 0 aliphatic heterocycles. The summed E-state index contributed by atoms with van der Waals surface area (Å²) >= 11 is 1.72. The van der Waals surface area contributed by atoms with Gasteiger partial charge in [-0.05, 0) is 17.7 Å². The van der Waals surface area contributed by atoms with Gasteiger partial charge in [-0.1, -0.05) is 32.9 Å². The summed E-state index contributed by atoms with van der Waals surface area (Å²) < 4.78 is 5.51. The van der Waals surface area contributed by atoms with E-state index >= 15 is 0 Å². The summed E-state index contributed by atoms with van der Waals surface area (Å²) in [6.45, 7) is 7.21. The number of aromatic nitrogens is 2. The lowest BCUT2D eigenvalue weighted by Crippen LogP contribution is -2.21. The highest BCUT2D eigenvalue weighted by atomic mass is 32.2. The first-order chi connectivity index (χ1) is 9.67. The van der Waals surface area contributed by atoms with Gasteiger partial charge in [0, 0.05) is 23.9 Å². The summed E-state index contributed by atoms with van der Waals surface area (Å²) in [5.41, 5.74) is 1.29. The van der Waals surface area contributed by atoms with Crippen LogP contribution in [0.3, 0.4) is 0 Å². The summed E-state index contributed by atoms with van der Waals surface area (Å²) in [6, 6.07) is 9.04. The van der Waals surface area contributed by atoms with E-state index in [1.807, 2.05) is 6.92 Å². The van der Waals surface area contributed by atoms with E-state index in [1.54, 1.807) is 11.8 Å². The second-order valence-electron chi connectivity index (χ2n) is 4.91. The lowest BCUT2D eigenvalue weighted by atomic mass is 10.2. The van der Waals surface area contributed by atoms with E-state index in [0.717, 1.165) is 13.0 Å². The van der Waals surface area contributed by atoms with Gasteiger partial charge in [0.05, 0.1) is 5.75 Å². The fourth-order valence-electron chi connectivity index (χ4n) is 1.70. The molecule has 108 valence electrons. The molecule has 0 amide bonds. The van der Waals surface area contributed by atoms with E-state index in [2.05, 4.69) is 53.6 Å². The average Bonchev–Trinajstić information content (AvgIpc) is 2.91. The van der Waals surface area contributed by atoms with Crippen molar-refractivity contribution in [2.75, 3.05) is 0 Å². The number of nitrogens with one attached hydrogen (secondary N) is 1. The molecule has 0 atom stereocenters. The molecule has 0 aliphatic rings. The average molecular weight is 291 g/mol. The molecule has 5 heteroatoms. The number of rotatable bonds is 7. The Hall–Kier alpha value is -1.33. The molecule has 1 heterocycles. The van der Waals surface area contributed by atoms with Crippen LogP contribution in [-0.4, -0.2) is 16.2 Å². The van der Waals surface area contributed by atoms with Gasteiger partial charge in [-0.25, -0.2) is 0 Å². The summed E-state index contributed by atoms with van der Waals surface area (Å²) in [5.74, 6) is 2.11. The van der Waals surface area contributed by atoms with Gasteiger partial charge in [-0.15, -0.1) is 22.0 Å². The molecule has 1 N–H and O–H groups in total. The molecule has 0 saturated heterocycles. The molecule has 0 fully saturated rings. The second kappa shape index (κ2) is 7.45. The maximum Gasteiger partial charge on any atom is 0.226 e. The molecule has 0 aliphatic carbocycles. The molecular formula is C15H21N3OS. The van der Waals surface area contributed by atoms with Crippen molar-refractivity contribution in [2.45, 2.75) is 50.4 Å². The molecule has 1 aromatic carbocycles. The Morgan fingerprint density at radius 2 is 2.05 bits per heavy atom. The Labute approximate surface area is 124 Å². The number of benzene rings is 1. The first kappa shape index (κ1) is 15.1. The third kappa shape index (κ3) is 4.65. The first-order valence-electron chi connectivity index (χ1n) is 6.93. The largest absolute Gasteiger partial charge is 0.424 e. The van der Waals surface area contributed by atoms with Crippen LogP contribution in [0.1, 0.15) is 38.1 Å². The smallest absolute Gasteiger partial charge is 0.226 e. The van der Waals surface area contributed by atoms with Crippen LogP contribution in [0.4, 0.5) is 0 Å². The molecule has 2 rings (SSSR count). The van der Waals surface area contributed by atoms with E-state index < -0.39 is 0 Å². The number of aryl methyl sites for hydroxylation is 1. The van der Waals surface area contributed by atoms with E-state index in [0.29, 0.717) is 23.6 Å². The second-order valence-corrected chi connectivity index (χ2v) is 5.96. The van der Waals surface area contributed by atoms with E-state index in [9.17, 15) is 0 Å². The van der Waals surface area contributed by atoms with Crippen molar-refractivity contribution in [2.24, 2.45) is 0 Å². The lowest BCUT2D eigenvalue weighted by Gasteiger charge is -2.09. The lowest BCUT2D eigenvalue weighted by molar-refractivity contribution is 0.470. The maximum atomic E-state index is 5.51. The normalized spacial score (nSPS) is 11.2. The van der Waals surface area contributed by atoms with Crippen LogP contribution in [0.5, 0.6) is 0 Å². The molecule has 0 bridgehead atoms. The predicted octanol–water partition coefficient (Wildman–Crippen LogP) is 3.42. The van der Waals surface area contributed by atoms with Crippen molar-refractivity contribution in [1.29, 1.82) is 0 Å². The fourth-order valence-corrected chi connectivity index (χ4v) is 2.52. The van der Waals surface area contributed by atoms with Gasteiger partial charge in [0.1, 0.15) is 0 Å². The molecule has 0 unspecified atom stereocenters. The number of nitrogens with zero attached hydrogens (tertiary/aromatic N) is 2. The zero-order chi connectivity index (χ0) is 14.4. The summed E-state index contributed by atoms with van der Waals surface area (Å²) in [7, 11) is 0. The van der Waals surface area contributed by atoms with E-state index in [-0.39, 0.29) is 0 Å². The van der Waals surface area contributed by atoms with Gasteiger partial charge in [0.2, 0.25) is 11.8 Å². The molecule has 0 radical (unpaired) electrons. The zero-order valence-electron chi connectivity index (χ0n) is 12.2. The summed E-state index contributed by atoms with van der Waals surface area (Å²) in [6.07, 6.45) is 0.786. The van der Waals surface area contributed by atoms with E-state index in [4.69, 9.17) is 4.42 Å². The molecule has 4 nitrogen and oxygen atoms in total. The third-order valence-electron chi connectivity index (χ3n) is 2.79. The van der Waals surface area contributed by atoms with Gasteiger partial charge < -0.3 is 9.73 Å². The number of hydrogen-bond donors (Lipinski definition) is 1. The molecule has 20 heavy (non-hydrogen) atoms. The van der Waals surface area contributed by atoms with Gasteiger partial charge in [-0.3, -0.25) is 0 Å². The Kier molecular flexibility index (Phi) is 5.61. The monoisotopic (exact) mass is 291 g/mol. The molecular weight excluding hydrogens is 270 g/mol. The van der Waals surface area contributed by atoms with Crippen molar-refractivity contribution >= 4 is 11.8 Å². The van der Waals surface area contributed by atoms with Crippen LogP contribution in [0, 0.1) is 0 Å². The highest BCUT2D eigenvalue weighted by Crippen LogP contribution is 2.23. The zero-order valence-corrected chi connectivity index (χ0v) is 13.0. The predicted molar refractivity (Wildman–Crippen MR) is 81.7 cm³/mol. The molecule has 0 saturated carbocycles. The Morgan fingerprint density at radius 3 is 2.75 bits per heavy atom. The standard InChI is InChI=1S/C15H21N3OS/c1-4-14-17-18-15(19-14)10-20-13-7-5-6-12(8-13)9-16-11(2)3/h5-8,11,16H,4,9-10H2,1-3H3.